The van der Waals surface area contributed by atoms with Crippen LogP contribution in [0.4, 0.5) is 5.82 Å². The van der Waals surface area contributed by atoms with E-state index in [2.05, 4.69) is 36.3 Å². The first-order valence-corrected chi connectivity index (χ1v) is 6.60. The average molecular weight is 244 g/mol. The molecule has 0 saturated heterocycles. The molecular formula is C15H20N2O. The van der Waals surface area contributed by atoms with Crippen LogP contribution >= 0.6 is 0 Å². The molecule has 0 radical (unpaired) electrons. The third-order valence-corrected chi connectivity index (χ3v) is 2.85. The highest BCUT2D eigenvalue weighted by Gasteiger charge is 2.03. The Morgan fingerprint density at radius 3 is 2.89 bits per heavy atom. The second kappa shape index (κ2) is 6.24. The molecule has 0 fully saturated rings. The van der Waals surface area contributed by atoms with E-state index in [0.29, 0.717) is 0 Å². The van der Waals surface area contributed by atoms with E-state index in [9.17, 15) is 0 Å². The number of ether oxygens (including phenoxy) is 1. The summed E-state index contributed by atoms with van der Waals surface area (Å²) in [5.74, 6) is 1.85. The first-order chi connectivity index (χ1) is 8.85. The third-order valence-electron chi connectivity index (χ3n) is 2.85. The van der Waals surface area contributed by atoms with Gasteiger partial charge in [-0.3, -0.25) is 0 Å². The first kappa shape index (κ1) is 12.7. The van der Waals surface area contributed by atoms with Gasteiger partial charge in [-0.15, -0.1) is 0 Å². The van der Waals surface area contributed by atoms with Crippen molar-refractivity contribution < 1.29 is 4.74 Å². The van der Waals surface area contributed by atoms with Crippen molar-refractivity contribution in [1.29, 1.82) is 0 Å². The first-order valence-electron chi connectivity index (χ1n) is 6.60. The second-order valence-electron chi connectivity index (χ2n) is 4.27. The zero-order valence-electron chi connectivity index (χ0n) is 11.1. The molecule has 0 bridgehead atoms. The molecule has 1 N–H and O–H groups in total. The lowest BCUT2D eigenvalue weighted by molar-refractivity contribution is 0.310. The maximum atomic E-state index is 5.73. The van der Waals surface area contributed by atoms with E-state index >= 15 is 0 Å². The smallest absolute Gasteiger partial charge is 0.133 e. The van der Waals surface area contributed by atoms with Gasteiger partial charge in [-0.1, -0.05) is 19.4 Å². The Balaban J connectivity index is 2.27. The Morgan fingerprint density at radius 1 is 1.22 bits per heavy atom. The van der Waals surface area contributed by atoms with E-state index in [0.717, 1.165) is 42.9 Å². The fourth-order valence-corrected chi connectivity index (χ4v) is 1.88. The van der Waals surface area contributed by atoms with Crippen molar-refractivity contribution in [2.24, 2.45) is 0 Å². The van der Waals surface area contributed by atoms with Gasteiger partial charge in [0.1, 0.15) is 11.6 Å². The summed E-state index contributed by atoms with van der Waals surface area (Å²) >= 11 is 0. The fourth-order valence-electron chi connectivity index (χ4n) is 1.88. The molecule has 96 valence electrons. The number of nitrogens with one attached hydrogen (secondary N) is 1. The van der Waals surface area contributed by atoms with E-state index < -0.39 is 0 Å². The van der Waals surface area contributed by atoms with E-state index in [1.807, 2.05) is 18.3 Å². The molecule has 0 unspecified atom stereocenters. The number of hydrogen-bond donors (Lipinski definition) is 1. The van der Waals surface area contributed by atoms with Crippen LogP contribution in [-0.2, 0) is 0 Å². The third kappa shape index (κ3) is 2.92. The molecule has 3 heteroatoms. The normalized spacial score (nSPS) is 10.6. The van der Waals surface area contributed by atoms with E-state index in [4.69, 9.17) is 4.74 Å². The molecule has 0 spiro atoms. The second-order valence-corrected chi connectivity index (χ2v) is 4.27. The van der Waals surface area contributed by atoms with Gasteiger partial charge in [-0.2, -0.15) is 0 Å². The van der Waals surface area contributed by atoms with Gasteiger partial charge in [-0.05, 0) is 36.9 Å². The largest absolute Gasteiger partial charge is 0.494 e. The number of hydrogen-bond acceptors (Lipinski definition) is 3. The van der Waals surface area contributed by atoms with Crippen molar-refractivity contribution in [2.45, 2.75) is 26.7 Å². The van der Waals surface area contributed by atoms with Gasteiger partial charge >= 0.3 is 0 Å². The number of anilines is 1. The van der Waals surface area contributed by atoms with Crippen molar-refractivity contribution in [3.63, 3.8) is 0 Å². The lowest BCUT2D eigenvalue weighted by Gasteiger charge is -2.09. The molecule has 0 atom stereocenters. The summed E-state index contributed by atoms with van der Waals surface area (Å²) in [7, 11) is 0. The highest BCUT2D eigenvalue weighted by Crippen LogP contribution is 2.25. The predicted molar refractivity (Wildman–Crippen MR) is 76.3 cm³/mol. The summed E-state index contributed by atoms with van der Waals surface area (Å²) in [6.07, 6.45) is 4.07. The molecule has 1 heterocycles. The lowest BCUT2D eigenvalue weighted by atomic mass is 10.1. The number of nitrogens with zero attached hydrogens (tertiary/aromatic N) is 1. The average Bonchev–Trinajstić information content (AvgIpc) is 2.40. The Hall–Kier alpha value is -1.77. The van der Waals surface area contributed by atoms with Crippen molar-refractivity contribution in [1.82, 2.24) is 4.98 Å². The van der Waals surface area contributed by atoms with Gasteiger partial charge in [-0.25, -0.2) is 4.98 Å². The van der Waals surface area contributed by atoms with Crippen molar-refractivity contribution in [3.05, 3.63) is 30.5 Å². The van der Waals surface area contributed by atoms with Gasteiger partial charge in [0.25, 0.3) is 0 Å². The maximum absolute atomic E-state index is 5.73. The van der Waals surface area contributed by atoms with Crippen LogP contribution in [0.5, 0.6) is 5.75 Å². The van der Waals surface area contributed by atoms with Crippen molar-refractivity contribution in [2.75, 3.05) is 18.5 Å². The predicted octanol–water partition coefficient (Wildman–Crippen LogP) is 3.85. The summed E-state index contributed by atoms with van der Waals surface area (Å²) in [6.45, 7) is 5.88. The Bertz CT molecular complexity index is 511. The molecule has 18 heavy (non-hydrogen) atoms. The molecule has 0 aliphatic carbocycles. The van der Waals surface area contributed by atoms with Crippen molar-refractivity contribution in [3.8, 4) is 5.75 Å². The van der Waals surface area contributed by atoms with Crippen LogP contribution in [0.25, 0.3) is 10.8 Å². The summed E-state index contributed by atoms with van der Waals surface area (Å²) < 4.78 is 5.73. The highest BCUT2D eigenvalue weighted by molar-refractivity contribution is 5.92. The van der Waals surface area contributed by atoms with Crippen LogP contribution < -0.4 is 10.1 Å². The molecule has 0 saturated carbocycles. The molecule has 3 nitrogen and oxygen atoms in total. The van der Waals surface area contributed by atoms with Crippen molar-refractivity contribution >= 4 is 16.6 Å². The number of unbranched alkanes of at least 4 members (excludes halogenated alkanes) is 1. The summed E-state index contributed by atoms with van der Waals surface area (Å²) in [5, 5.41) is 5.58. The molecule has 0 aliphatic heterocycles. The molecule has 0 aliphatic rings. The Kier molecular flexibility index (Phi) is 4.40. The Labute approximate surface area is 108 Å². The molecule has 2 rings (SSSR count). The zero-order valence-corrected chi connectivity index (χ0v) is 11.1. The molecular weight excluding hydrogens is 224 g/mol. The van der Waals surface area contributed by atoms with Crippen LogP contribution in [0.3, 0.4) is 0 Å². The van der Waals surface area contributed by atoms with E-state index in [1.54, 1.807) is 0 Å². The van der Waals surface area contributed by atoms with Crippen LogP contribution in [0.2, 0.25) is 0 Å². The summed E-state index contributed by atoms with van der Waals surface area (Å²) in [4.78, 5) is 4.37. The van der Waals surface area contributed by atoms with Gasteiger partial charge in [0.05, 0.1) is 6.61 Å². The number of benzene rings is 1. The van der Waals surface area contributed by atoms with Gasteiger partial charge < -0.3 is 10.1 Å². The number of rotatable bonds is 6. The maximum Gasteiger partial charge on any atom is 0.133 e. The van der Waals surface area contributed by atoms with E-state index in [1.165, 1.54) is 5.39 Å². The van der Waals surface area contributed by atoms with Crippen LogP contribution in [0, 0.1) is 0 Å². The lowest BCUT2D eigenvalue weighted by Crippen LogP contribution is -2.00. The molecule has 1 aromatic carbocycles. The van der Waals surface area contributed by atoms with Gasteiger partial charge in [0.15, 0.2) is 0 Å². The number of pyridine rings is 1. The fraction of sp³-hybridized carbons (Fsp3) is 0.400. The van der Waals surface area contributed by atoms with Gasteiger partial charge in [0, 0.05) is 18.1 Å². The quantitative estimate of drug-likeness (QED) is 0.784. The minimum atomic E-state index is 0.777. The number of aromatic nitrogens is 1. The minimum Gasteiger partial charge on any atom is -0.494 e. The summed E-state index contributed by atoms with van der Waals surface area (Å²) in [5.41, 5.74) is 0. The standard InChI is InChI=1S/C15H20N2O/c1-3-5-10-18-13-7-6-12-8-9-17-15(16-4-2)14(12)11-13/h6-9,11H,3-5,10H2,1-2H3,(H,16,17). The Morgan fingerprint density at radius 2 is 2.11 bits per heavy atom. The minimum absolute atomic E-state index is 0.777. The molecule has 0 amide bonds. The topological polar surface area (TPSA) is 34.1 Å². The highest BCUT2D eigenvalue weighted by atomic mass is 16.5. The van der Waals surface area contributed by atoms with Crippen LogP contribution in [0.1, 0.15) is 26.7 Å². The number of fused-ring (bicyclic) bond motifs is 1. The van der Waals surface area contributed by atoms with E-state index in [-0.39, 0.29) is 0 Å². The zero-order chi connectivity index (χ0) is 12.8. The monoisotopic (exact) mass is 244 g/mol. The van der Waals surface area contributed by atoms with Crippen LogP contribution in [-0.4, -0.2) is 18.1 Å². The summed E-state index contributed by atoms with van der Waals surface area (Å²) in [6, 6.07) is 8.19. The molecule has 1 aromatic heterocycles. The van der Waals surface area contributed by atoms with Gasteiger partial charge in [0.2, 0.25) is 0 Å². The molecule has 2 aromatic rings. The van der Waals surface area contributed by atoms with Crippen LogP contribution in [0.15, 0.2) is 30.5 Å². The SMILES string of the molecule is CCCCOc1ccc2ccnc(NCC)c2c1.